The predicted molar refractivity (Wildman–Crippen MR) is 151 cm³/mol. The Morgan fingerprint density at radius 1 is 1.16 bits per heavy atom. The Kier molecular flexibility index (Phi) is 9.70. The number of hydrogen-bond acceptors (Lipinski definition) is 12. The number of carbonyl (C=O) groups is 2. The normalized spacial score (nSPS) is 24.2. The first kappa shape index (κ1) is 32.3. The molecule has 3 aromatic rings. The molecule has 1 fully saturated rings. The number of halogens is 1. The van der Waals surface area contributed by atoms with Gasteiger partial charge in [0.05, 0.1) is 30.5 Å². The fourth-order valence-electron chi connectivity index (χ4n) is 4.37. The number of carbonyl (C=O) groups excluding carboxylic acids is 2. The van der Waals surface area contributed by atoms with Crippen LogP contribution in [0.25, 0.3) is 5.65 Å². The third-order valence-electron chi connectivity index (χ3n) is 6.49. The van der Waals surface area contributed by atoms with Crippen LogP contribution in [-0.4, -0.2) is 68.2 Å². The fraction of sp³-hybridized carbons (Fsp3) is 0.519. The van der Waals surface area contributed by atoms with Crippen molar-refractivity contribution < 1.29 is 41.8 Å². The van der Waals surface area contributed by atoms with E-state index in [0.717, 1.165) is 0 Å². The third kappa shape index (κ3) is 7.29. The predicted octanol–water partition coefficient (Wildman–Crippen LogP) is 3.58. The van der Waals surface area contributed by atoms with Crippen LogP contribution in [0.4, 0.5) is 10.2 Å². The summed E-state index contributed by atoms with van der Waals surface area (Å²) in [4.78, 5) is 33.2. The number of nitrogens with zero attached hydrogens (tertiary/aromatic N) is 4. The van der Waals surface area contributed by atoms with Gasteiger partial charge in [0.15, 0.2) is 23.2 Å². The number of rotatable bonds is 12. The Morgan fingerprint density at radius 2 is 1.86 bits per heavy atom. The minimum atomic E-state index is -4.34. The van der Waals surface area contributed by atoms with Crippen molar-refractivity contribution in [3.8, 4) is 5.75 Å². The van der Waals surface area contributed by atoms with E-state index in [0.29, 0.717) is 0 Å². The summed E-state index contributed by atoms with van der Waals surface area (Å²) >= 11 is 0. The molecule has 4 rings (SSSR count). The molecule has 1 aliphatic heterocycles. The topological polar surface area (TPSA) is 178 Å². The molecule has 1 saturated heterocycles. The van der Waals surface area contributed by atoms with E-state index in [2.05, 4.69) is 20.2 Å². The van der Waals surface area contributed by atoms with Gasteiger partial charge < -0.3 is 24.5 Å². The molecular formula is C27H36FN6O8P. The van der Waals surface area contributed by atoms with Crippen molar-refractivity contribution in [1.29, 1.82) is 0 Å². The molecule has 6 atom stereocenters. The molecule has 234 valence electrons. The van der Waals surface area contributed by atoms with Crippen LogP contribution >= 0.6 is 7.75 Å². The summed E-state index contributed by atoms with van der Waals surface area (Å²) in [6, 6.07) is 7.02. The number of anilines is 1. The van der Waals surface area contributed by atoms with Crippen LogP contribution in [-0.2, 0) is 32.9 Å². The van der Waals surface area contributed by atoms with Crippen molar-refractivity contribution in [1.82, 2.24) is 24.7 Å². The number of nitrogen functional groups attached to an aromatic ring is 1. The number of imidazole rings is 1. The quantitative estimate of drug-likeness (QED) is 0.221. The Bertz CT molecular complexity index is 1490. The molecule has 0 saturated carbocycles. The number of fused-ring (bicyclic) bond motifs is 1. The lowest BCUT2D eigenvalue weighted by atomic mass is 9.93. The fourth-order valence-corrected chi connectivity index (χ4v) is 5.87. The van der Waals surface area contributed by atoms with Crippen LogP contribution in [0, 0.1) is 5.92 Å². The molecule has 1 unspecified atom stereocenters. The molecule has 0 radical (unpaired) electrons. The average molecular weight is 623 g/mol. The van der Waals surface area contributed by atoms with Crippen molar-refractivity contribution >= 4 is 31.2 Å². The number of para-hydroxylation sites is 1. The smallest absolute Gasteiger partial charge is 0.459 e. The molecular weight excluding hydrogens is 586 g/mol. The summed E-state index contributed by atoms with van der Waals surface area (Å²) in [5.74, 6) is -1.71. The summed E-state index contributed by atoms with van der Waals surface area (Å²) in [7, 11) is -4.34. The van der Waals surface area contributed by atoms with E-state index >= 15 is 4.39 Å². The second-order valence-corrected chi connectivity index (χ2v) is 12.5. The SMILES string of the molecule is CC(C)OC(=O)[C@H](C)NP(=O)(OC[C@H]1O[C@@H](c2cnc3c(N)ncnn23)[C@](C)(F)[C@@H]1OC(=O)C(C)C)Oc1ccccc1. The number of benzene rings is 1. The second-order valence-electron chi connectivity index (χ2n) is 10.8. The molecule has 3 heterocycles. The van der Waals surface area contributed by atoms with Crippen LogP contribution in [0.5, 0.6) is 5.75 Å². The maximum absolute atomic E-state index is 16.7. The van der Waals surface area contributed by atoms with Crippen LogP contribution < -0.4 is 15.3 Å². The van der Waals surface area contributed by atoms with E-state index in [4.69, 9.17) is 29.0 Å². The highest BCUT2D eigenvalue weighted by Crippen LogP contribution is 2.49. The highest BCUT2D eigenvalue weighted by Gasteiger charge is 2.59. The molecule has 1 aliphatic rings. The molecule has 3 N–H and O–H groups in total. The Balaban J connectivity index is 1.64. The zero-order chi connectivity index (χ0) is 31.5. The lowest BCUT2D eigenvalue weighted by molar-refractivity contribution is -0.162. The number of hydrogen-bond donors (Lipinski definition) is 2. The van der Waals surface area contributed by atoms with Crippen LogP contribution in [0.2, 0.25) is 0 Å². The highest BCUT2D eigenvalue weighted by atomic mass is 31.2. The summed E-state index contributed by atoms with van der Waals surface area (Å²) < 4.78 is 60.2. The number of nitrogens with one attached hydrogen (secondary N) is 1. The van der Waals surface area contributed by atoms with Crippen molar-refractivity contribution in [2.45, 2.75) is 77.7 Å². The lowest BCUT2D eigenvalue weighted by Gasteiger charge is -2.28. The third-order valence-corrected chi connectivity index (χ3v) is 8.14. The van der Waals surface area contributed by atoms with E-state index in [-0.39, 0.29) is 22.9 Å². The maximum atomic E-state index is 16.7. The number of nitrogens with two attached hydrogens (primary N) is 1. The molecule has 16 heteroatoms. The highest BCUT2D eigenvalue weighted by molar-refractivity contribution is 7.52. The molecule has 43 heavy (non-hydrogen) atoms. The van der Waals surface area contributed by atoms with Crippen molar-refractivity contribution in [3.05, 3.63) is 48.5 Å². The molecule has 0 spiro atoms. The van der Waals surface area contributed by atoms with Gasteiger partial charge in [0.25, 0.3) is 0 Å². The van der Waals surface area contributed by atoms with Crippen LogP contribution in [0.3, 0.4) is 0 Å². The summed E-state index contributed by atoms with van der Waals surface area (Å²) in [6.07, 6.45) is -2.05. The van der Waals surface area contributed by atoms with E-state index < -0.39 is 68.3 Å². The standard InChI is InChI=1S/C27H36FN6O8P/c1-15(2)25(35)41-22-20(40-21(27(22,6)28)19-12-30-24-23(29)31-14-32-34(19)24)13-38-43(37,42-18-10-8-7-9-11-18)33-17(5)26(36)39-16(3)4/h7-12,14-17,20-22H,13H2,1-6H3,(H,33,37)(H2,29,31,32)/t17-,20+,21-,22+,27-,43?/m0/s1. The van der Waals surface area contributed by atoms with E-state index in [1.54, 1.807) is 58.0 Å². The van der Waals surface area contributed by atoms with Gasteiger partial charge >= 0.3 is 19.7 Å². The monoisotopic (exact) mass is 622 g/mol. The zero-order valence-electron chi connectivity index (χ0n) is 24.7. The zero-order valence-corrected chi connectivity index (χ0v) is 25.6. The minimum absolute atomic E-state index is 0.0673. The number of aromatic nitrogens is 4. The van der Waals surface area contributed by atoms with E-state index in [9.17, 15) is 14.2 Å². The molecule has 0 bridgehead atoms. The summed E-state index contributed by atoms with van der Waals surface area (Å²) in [6.45, 7) is 8.62. The van der Waals surface area contributed by atoms with Gasteiger partial charge in [-0.2, -0.15) is 10.2 Å². The molecule has 0 amide bonds. The van der Waals surface area contributed by atoms with Gasteiger partial charge in [-0.05, 0) is 39.8 Å². The summed E-state index contributed by atoms with van der Waals surface area (Å²) in [5, 5.41) is 6.68. The van der Waals surface area contributed by atoms with Gasteiger partial charge in [-0.25, -0.2) is 23.4 Å². The Labute approximate surface area is 248 Å². The second kappa shape index (κ2) is 12.9. The number of ether oxygens (including phenoxy) is 3. The summed E-state index contributed by atoms with van der Waals surface area (Å²) in [5.41, 5.74) is 3.91. The first-order chi connectivity index (χ1) is 20.2. The van der Waals surface area contributed by atoms with Gasteiger partial charge in [0.1, 0.15) is 30.3 Å². The first-order valence-corrected chi connectivity index (χ1v) is 15.2. The lowest BCUT2D eigenvalue weighted by Crippen LogP contribution is -2.44. The van der Waals surface area contributed by atoms with Crippen molar-refractivity contribution in [3.63, 3.8) is 0 Å². The molecule has 2 aromatic heterocycles. The first-order valence-electron chi connectivity index (χ1n) is 13.7. The Morgan fingerprint density at radius 3 is 2.51 bits per heavy atom. The minimum Gasteiger partial charge on any atom is -0.462 e. The maximum Gasteiger partial charge on any atom is 0.459 e. The van der Waals surface area contributed by atoms with Crippen molar-refractivity contribution in [2.24, 2.45) is 5.92 Å². The van der Waals surface area contributed by atoms with E-state index in [1.807, 2.05) is 0 Å². The van der Waals surface area contributed by atoms with Crippen LogP contribution in [0.15, 0.2) is 42.9 Å². The van der Waals surface area contributed by atoms with Crippen molar-refractivity contribution in [2.75, 3.05) is 12.3 Å². The largest absolute Gasteiger partial charge is 0.462 e. The van der Waals surface area contributed by atoms with Gasteiger partial charge in [-0.1, -0.05) is 32.0 Å². The average Bonchev–Trinajstić information content (AvgIpc) is 3.46. The Hall–Kier alpha value is -3.65. The van der Waals surface area contributed by atoms with Gasteiger partial charge in [0, 0.05) is 0 Å². The van der Waals surface area contributed by atoms with Gasteiger partial charge in [0.2, 0.25) is 0 Å². The van der Waals surface area contributed by atoms with Gasteiger partial charge in [-0.3, -0.25) is 14.1 Å². The number of alkyl halides is 1. The van der Waals surface area contributed by atoms with Gasteiger partial charge in [-0.15, -0.1) is 0 Å². The molecule has 14 nitrogen and oxygen atoms in total. The molecule has 1 aromatic carbocycles. The van der Waals surface area contributed by atoms with Crippen LogP contribution in [0.1, 0.15) is 53.3 Å². The molecule has 0 aliphatic carbocycles. The van der Waals surface area contributed by atoms with E-state index in [1.165, 1.54) is 30.9 Å². The number of esters is 2.